The van der Waals surface area contributed by atoms with Crippen LogP contribution in [0.25, 0.3) is 0 Å². The SMILES string of the molecule is CC1C=C2C(CC1C1(c3ccc(C#N)cc3)C3=C(C=CCC3)C3C=CC=CC31)C1C=CC=CC1N2C1=CC=CCC1. The number of fused-ring (bicyclic) bond motifs is 5. The van der Waals surface area contributed by atoms with Gasteiger partial charge in [0.25, 0.3) is 0 Å². The number of rotatable bonds is 3. The summed E-state index contributed by atoms with van der Waals surface area (Å²) in [6.07, 6.45) is 39.1. The average molecular weight is 535 g/mol. The topological polar surface area (TPSA) is 27.0 Å². The van der Waals surface area contributed by atoms with Crippen LogP contribution in [0, 0.1) is 46.8 Å². The molecule has 204 valence electrons. The molecular formula is C39H38N2. The summed E-state index contributed by atoms with van der Waals surface area (Å²) in [6, 6.07) is 11.5. The molecule has 2 heteroatoms. The Morgan fingerprint density at radius 2 is 1.71 bits per heavy atom. The van der Waals surface area contributed by atoms with Crippen molar-refractivity contribution in [1.82, 2.24) is 4.90 Å². The van der Waals surface area contributed by atoms with Gasteiger partial charge in [-0.25, -0.2) is 0 Å². The van der Waals surface area contributed by atoms with Crippen LogP contribution in [0.3, 0.4) is 0 Å². The van der Waals surface area contributed by atoms with Gasteiger partial charge in [-0.05, 0) is 73.3 Å². The van der Waals surface area contributed by atoms with Gasteiger partial charge < -0.3 is 4.90 Å². The Kier molecular flexibility index (Phi) is 5.85. The van der Waals surface area contributed by atoms with Gasteiger partial charge in [0, 0.05) is 40.5 Å². The Balaban J connectivity index is 1.31. The number of hydrogen-bond acceptors (Lipinski definition) is 2. The first-order valence-corrected chi connectivity index (χ1v) is 15.7. The van der Waals surface area contributed by atoms with Crippen LogP contribution in [0.15, 0.2) is 132 Å². The maximum atomic E-state index is 9.65. The first-order valence-electron chi connectivity index (χ1n) is 15.7. The Morgan fingerprint density at radius 1 is 0.902 bits per heavy atom. The number of benzene rings is 1. The van der Waals surface area contributed by atoms with Gasteiger partial charge in [-0.15, -0.1) is 0 Å². The highest BCUT2D eigenvalue weighted by atomic mass is 15.2. The van der Waals surface area contributed by atoms with Crippen molar-refractivity contribution in [1.29, 1.82) is 5.26 Å². The van der Waals surface area contributed by atoms with Crippen molar-refractivity contribution in [2.75, 3.05) is 0 Å². The van der Waals surface area contributed by atoms with E-state index in [0.29, 0.717) is 41.5 Å². The van der Waals surface area contributed by atoms with E-state index in [1.165, 1.54) is 17.7 Å². The fraction of sp³-hybridized carbons (Fsp3) is 0.359. The molecule has 1 saturated heterocycles. The molecule has 8 unspecified atom stereocenters. The summed E-state index contributed by atoms with van der Waals surface area (Å²) in [5.41, 5.74) is 8.33. The normalized spacial score (nSPS) is 37.8. The molecule has 6 aliphatic carbocycles. The molecular weight excluding hydrogens is 496 g/mol. The van der Waals surface area contributed by atoms with Crippen LogP contribution in [0.4, 0.5) is 0 Å². The van der Waals surface area contributed by atoms with Crippen LogP contribution in [-0.4, -0.2) is 10.9 Å². The molecule has 1 aromatic carbocycles. The van der Waals surface area contributed by atoms with Gasteiger partial charge in [-0.2, -0.15) is 5.26 Å². The molecule has 0 bridgehead atoms. The molecule has 0 aromatic heterocycles. The highest BCUT2D eigenvalue weighted by Gasteiger charge is 2.60. The summed E-state index contributed by atoms with van der Waals surface area (Å²) in [5.74, 6) is 2.75. The van der Waals surface area contributed by atoms with E-state index in [9.17, 15) is 5.26 Å². The van der Waals surface area contributed by atoms with Crippen LogP contribution < -0.4 is 0 Å². The Bertz CT molecular complexity index is 1580. The lowest BCUT2D eigenvalue weighted by molar-refractivity contribution is 0.151. The van der Waals surface area contributed by atoms with Gasteiger partial charge in [-0.3, -0.25) is 0 Å². The lowest BCUT2D eigenvalue weighted by Crippen LogP contribution is -2.47. The maximum Gasteiger partial charge on any atom is 0.0991 e. The van der Waals surface area contributed by atoms with Gasteiger partial charge in [-0.1, -0.05) is 104 Å². The second-order valence-corrected chi connectivity index (χ2v) is 13.0. The summed E-state index contributed by atoms with van der Waals surface area (Å²) in [6.45, 7) is 2.49. The molecule has 1 heterocycles. The van der Waals surface area contributed by atoms with E-state index in [-0.39, 0.29) is 5.41 Å². The third kappa shape index (κ3) is 3.54. The number of likely N-dealkylation sites (tertiary alicyclic amines) is 1. The lowest BCUT2D eigenvalue weighted by atomic mass is 9.52. The zero-order valence-electron chi connectivity index (χ0n) is 23.9. The van der Waals surface area contributed by atoms with Crippen LogP contribution in [0.1, 0.15) is 50.2 Å². The van der Waals surface area contributed by atoms with Crippen LogP contribution in [-0.2, 0) is 5.41 Å². The molecule has 1 aliphatic heterocycles. The van der Waals surface area contributed by atoms with Crippen molar-refractivity contribution < 1.29 is 0 Å². The van der Waals surface area contributed by atoms with E-state index >= 15 is 0 Å². The highest BCUT2D eigenvalue weighted by molar-refractivity contribution is 5.57. The third-order valence-corrected chi connectivity index (χ3v) is 11.2. The van der Waals surface area contributed by atoms with Crippen molar-refractivity contribution in [3.05, 3.63) is 143 Å². The minimum atomic E-state index is -0.0779. The molecule has 8 rings (SSSR count). The largest absolute Gasteiger partial charge is 0.341 e. The summed E-state index contributed by atoms with van der Waals surface area (Å²) >= 11 is 0. The van der Waals surface area contributed by atoms with E-state index in [4.69, 9.17) is 0 Å². The second kappa shape index (κ2) is 9.63. The fourth-order valence-electron chi connectivity index (χ4n) is 9.75. The standard InChI is InChI=1S/C39H38N2/c1-26-23-38-33(32-15-7-10-18-37(32)41(38)29-11-3-2-4-12-29)24-36(26)39(28-21-19-27(25-40)20-22-28)34-16-8-5-13-30(34)31-14-6-9-17-35(31)39/h2-3,5-8,10-11,13-16,18-23,26,30,32-34,36-37H,4,9,12,17,24H2,1H3. The fourth-order valence-corrected chi connectivity index (χ4v) is 9.75. The maximum absolute atomic E-state index is 9.65. The highest BCUT2D eigenvalue weighted by Crippen LogP contribution is 2.65. The smallest absolute Gasteiger partial charge is 0.0991 e. The summed E-state index contributed by atoms with van der Waals surface area (Å²) in [7, 11) is 0. The summed E-state index contributed by atoms with van der Waals surface area (Å²) in [5, 5.41) is 9.65. The van der Waals surface area contributed by atoms with Crippen LogP contribution >= 0.6 is 0 Å². The van der Waals surface area contributed by atoms with Gasteiger partial charge in [0.05, 0.1) is 17.7 Å². The zero-order valence-corrected chi connectivity index (χ0v) is 23.9. The summed E-state index contributed by atoms with van der Waals surface area (Å²) < 4.78 is 0. The molecule has 0 amide bonds. The summed E-state index contributed by atoms with van der Waals surface area (Å²) in [4.78, 5) is 2.72. The molecule has 2 nitrogen and oxygen atoms in total. The van der Waals surface area contributed by atoms with Crippen LogP contribution in [0.2, 0.25) is 0 Å². The average Bonchev–Trinajstić information content (AvgIpc) is 3.51. The van der Waals surface area contributed by atoms with Crippen molar-refractivity contribution in [2.45, 2.75) is 50.5 Å². The molecule has 1 aromatic rings. The monoisotopic (exact) mass is 534 g/mol. The van der Waals surface area contributed by atoms with Crippen molar-refractivity contribution in [3.63, 3.8) is 0 Å². The minimum Gasteiger partial charge on any atom is -0.341 e. The van der Waals surface area contributed by atoms with Gasteiger partial charge >= 0.3 is 0 Å². The Morgan fingerprint density at radius 3 is 2.54 bits per heavy atom. The van der Waals surface area contributed by atoms with E-state index < -0.39 is 0 Å². The van der Waals surface area contributed by atoms with Crippen molar-refractivity contribution in [3.8, 4) is 6.07 Å². The van der Waals surface area contributed by atoms with Crippen molar-refractivity contribution >= 4 is 0 Å². The van der Waals surface area contributed by atoms with E-state index in [2.05, 4.69) is 127 Å². The minimum absolute atomic E-state index is 0.0779. The van der Waals surface area contributed by atoms with Crippen molar-refractivity contribution in [2.24, 2.45) is 35.5 Å². The molecule has 7 aliphatic rings. The first-order chi connectivity index (χ1) is 20.2. The van der Waals surface area contributed by atoms with E-state index in [0.717, 1.165) is 31.2 Å². The molecule has 41 heavy (non-hydrogen) atoms. The molecule has 0 N–H and O–H groups in total. The van der Waals surface area contributed by atoms with Gasteiger partial charge in [0.15, 0.2) is 0 Å². The molecule has 1 fully saturated rings. The Hall–Kier alpha value is -3.83. The second-order valence-electron chi connectivity index (χ2n) is 13.0. The molecule has 0 spiro atoms. The lowest BCUT2D eigenvalue weighted by Gasteiger charge is -2.51. The van der Waals surface area contributed by atoms with Crippen LogP contribution in [0.5, 0.6) is 0 Å². The molecule has 0 radical (unpaired) electrons. The van der Waals surface area contributed by atoms with Gasteiger partial charge in [0.2, 0.25) is 0 Å². The first kappa shape index (κ1) is 24.9. The number of hydrogen-bond donors (Lipinski definition) is 0. The predicted octanol–water partition coefficient (Wildman–Crippen LogP) is 8.63. The third-order valence-electron chi connectivity index (χ3n) is 11.2. The quantitative estimate of drug-likeness (QED) is 0.388. The zero-order chi connectivity index (χ0) is 27.6. The number of nitriles is 1. The number of allylic oxidation sites excluding steroid dienone is 16. The van der Waals surface area contributed by atoms with E-state index in [1.54, 1.807) is 16.8 Å². The Labute approximate surface area is 244 Å². The van der Waals surface area contributed by atoms with E-state index in [1.807, 2.05) is 0 Å². The molecule has 0 saturated carbocycles. The molecule has 8 atom stereocenters. The van der Waals surface area contributed by atoms with Gasteiger partial charge in [0.1, 0.15) is 0 Å². The number of nitrogens with zero attached hydrogens (tertiary/aromatic N) is 2. The predicted molar refractivity (Wildman–Crippen MR) is 166 cm³/mol.